The van der Waals surface area contributed by atoms with Crippen LogP contribution in [0.4, 0.5) is 0 Å². The first-order chi connectivity index (χ1) is 15.5. The zero-order valence-electron chi connectivity index (χ0n) is 17.6. The third-order valence-electron chi connectivity index (χ3n) is 5.66. The van der Waals surface area contributed by atoms with Gasteiger partial charge in [-0.2, -0.15) is 0 Å². The van der Waals surface area contributed by atoms with Crippen molar-refractivity contribution in [2.45, 2.75) is 35.9 Å². The molecule has 3 N–H and O–H groups in total. The van der Waals surface area contributed by atoms with Crippen LogP contribution in [0.5, 0.6) is 0 Å². The van der Waals surface area contributed by atoms with Crippen molar-refractivity contribution in [3.63, 3.8) is 0 Å². The number of rotatable bonds is 8. The minimum Gasteiger partial charge on any atom is -0.346 e. The molecule has 166 valence electrons. The summed E-state index contributed by atoms with van der Waals surface area (Å²) in [5, 5.41) is 6.33. The summed E-state index contributed by atoms with van der Waals surface area (Å²) in [7, 11) is -3.83. The summed E-state index contributed by atoms with van der Waals surface area (Å²) in [4.78, 5) is 13.2. The highest BCUT2D eigenvalue weighted by molar-refractivity contribution is 7.89. The molecule has 3 atom stereocenters. The summed E-state index contributed by atoms with van der Waals surface area (Å²) < 4.78 is 29.4. The van der Waals surface area contributed by atoms with Crippen molar-refractivity contribution in [3.8, 4) is 0 Å². The van der Waals surface area contributed by atoms with Crippen molar-refractivity contribution in [1.82, 2.24) is 15.4 Å². The van der Waals surface area contributed by atoms with Crippen LogP contribution in [0, 0.1) is 0 Å². The Labute approximate surface area is 189 Å². The van der Waals surface area contributed by atoms with E-state index in [0.29, 0.717) is 0 Å². The molecule has 1 aliphatic heterocycles. The Morgan fingerprint density at radius 1 is 0.812 bits per heavy atom. The number of amides is 1. The predicted octanol–water partition coefficient (Wildman–Crippen LogP) is 3.32. The lowest BCUT2D eigenvalue weighted by Gasteiger charge is -2.30. The third-order valence-corrected chi connectivity index (χ3v) is 7.12. The Bertz CT molecular complexity index is 1120. The van der Waals surface area contributed by atoms with Gasteiger partial charge in [0.1, 0.15) is 0 Å². The van der Waals surface area contributed by atoms with Crippen LogP contribution in [-0.4, -0.2) is 26.9 Å². The van der Waals surface area contributed by atoms with Gasteiger partial charge in [0, 0.05) is 0 Å². The topological polar surface area (TPSA) is 87.3 Å². The van der Waals surface area contributed by atoms with Crippen LogP contribution in [-0.2, 0) is 14.8 Å². The van der Waals surface area contributed by atoms with Crippen molar-refractivity contribution in [2.75, 3.05) is 6.54 Å². The third kappa shape index (κ3) is 5.24. The fourth-order valence-corrected chi connectivity index (χ4v) is 5.26. The van der Waals surface area contributed by atoms with E-state index in [4.69, 9.17) is 0 Å². The Morgan fingerprint density at radius 3 is 1.88 bits per heavy atom. The van der Waals surface area contributed by atoms with Gasteiger partial charge in [0.25, 0.3) is 0 Å². The summed E-state index contributed by atoms with van der Waals surface area (Å²) in [6.07, 6.45) is 1.70. The molecule has 0 aromatic heterocycles. The number of carbonyl (C=O) groups excluding carboxylic acids is 1. The molecule has 7 heteroatoms. The van der Waals surface area contributed by atoms with Crippen LogP contribution in [0.15, 0.2) is 95.9 Å². The second-order valence-electron chi connectivity index (χ2n) is 7.87. The summed E-state index contributed by atoms with van der Waals surface area (Å²) in [6.45, 7) is 0.802. The van der Waals surface area contributed by atoms with Gasteiger partial charge in [-0.3, -0.25) is 4.79 Å². The summed E-state index contributed by atoms with van der Waals surface area (Å²) in [5.41, 5.74) is 1.59. The monoisotopic (exact) mass is 449 g/mol. The molecule has 1 aliphatic rings. The highest BCUT2D eigenvalue weighted by atomic mass is 32.2. The van der Waals surface area contributed by atoms with Crippen molar-refractivity contribution < 1.29 is 13.2 Å². The van der Waals surface area contributed by atoms with Gasteiger partial charge in [-0.05, 0) is 42.6 Å². The van der Waals surface area contributed by atoms with Crippen molar-refractivity contribution in [2.24, 2.45) is 0 Å². The van der Waals surface area contributed by atoms with Crippen LogP contribution in [0.3, 0.4) is 0 Å². The highest BCUT2D eigenvalue weighted by Crippen LogP contribution is 2.31. The van der Waals surface area contributed by atoms with E-state index in [1.165, 1.54) is 0 Å². The number of sulfonamides is 1. The maximum atomic E-state index is 13.3. The van der Waals surface area contributed by atoms with Crippen LogP contribution in [0.1, 0.15) is 36.1 Å². The zero-order chi connectivity index (χ0) is 22.4. The van der Waals surface area contributed by atoms with E-state index >= 15 is 0 Å². The molecule has 0 unspecified atom stereocenters. The van der Waals surface area contributed by atoms with E-state index in [2.05, 4.69) is 15.4 Å². The van der Waals surface area contributed by atoms with Crippen molar-refractivity contribution >= 4 is 15.9 Å². The summed E-state index contributed by atoms with van der Waals surface area (Å²) in [6, 6.07) is 25.5. The first-order valence-electron chi connectivity index (χ1n) is 10.8. The molecule has 0 spiro atoms. The normalized spacial score (nSPS) is 18.1. The molecule has 1 saturated heterocycles. The summed E-state index contributed by atoms with van der Waals surface area (Å²) >= 11 is 0. The van der Waals surface area contributed by atoms with E-state index in [-0.39, 0.29) is 16.8 Å². The van der Waals surface area contributed by atoms with Gasteiger partial charge in [0.15, 0.2) is 0 Å². The minimum atomic E-state index is -3.83. The molecule has 0 bridgehead atoms. The second kappa shape index (κ2) is 10.1. The van der Waals surface area contributed by atoms with Gasteiger partial charge in [-0.15, -0.1) is 0 Å². The number of hydrogen-bond acceptors (Lipinski definition) is 4. The number of nitrogens with one attached hydrogen (secondary N) is 3. The van der Waals surface area contributed by atoms with Gasteiger partial charge in [-0.1, -0.05) is 78.9 Å². The van der Waals surface area contributed by atoms with Crippen LogP contribution in [0.25, 0.3) is 0 Å². The highest BCUT2D eigenvalue weighted by Gasteiger charge is 2.33. The van der Waals surface area contributed by atoms with E-state index in [1.54, 1.807) is 30.3 Å². The lowest BCUT2D eigenvalue weighted by molar-refractivity contribution is -0.123. The molecule has 1 heterocycles. The van der Waals surface area contributed by atoms with E-state index in [0.717, 1.165) is 30.5 Å². The Kier molecular flexibility index (Phi) is 6.99. The lowest BCUT2D eigenvalue weighted by atomic mass is 9.93. The number of carbonyl (C=O) groups is 1. The molecule has 4 rings (SSSR count). The number of hydrogen-bond donors (Lipinski definition) is 3. The van der Waals surface area contributed by atoms with E-state index in [9.17, 15) is 13.2 Å². The largest absolute Gasteiger partial charge is 0.346 e. The van der Waals surface area contributed by atoms with Crippen LogP contribution >= 0.6 is 0 Å². The molecular weight excluding hydrogens is 422 g/mol. The Balaban J connectivity index is 1.73. The maximum absolute atomic E-state index is 13.3. The average molecular weight is 450 g/mol. The van der Waals surface area contributed by atoms with Crippen molar-refractivity contribution in [3.05, 3.63) is 102 Å². The minimum absolute atomic E-state index is 0.129. The van der Waals surface area contributed by atoms with Gasteiger partial charge in [0.2, 0.25) is 15.9 Å². The molecular formula is C25H27N3O3S. The molecule has 3 aromatic rings. The second-order valence-corrected chi connectivity index (χ2v) is 9.58. The van der Waals surface area contributed by atoms with Crippen LogP contribution < -0.4 is 15.4 Å². The lowest BCUT2D eigenvalue weighted by Crippen LogP contribution is -2.46. The molecule has 32 heavy (non-hydrogen) atoms. The fraction of sp³-hybridized carbons (Fsp3) is 0.240. The Morgan fingerprint density at radius 2 is 1.34 bits per heavy atom. The maximum Gasteiger partial charge on any atom is 0.241 e. The fourth-order valence-electron chi connectivity index (χ4n) is 4.01. The quantitative estimate of drug-likeness (QED) is 0.492. The number of benzene rings is 3. The predicted molar refractivity (Wildman–Crippen MR) is 124 cm³/mol. The van der Waals surface area contributed by atoms with Crippen molar-refractivity contribution in [1.29, 1.82) is 0 Å². The van der Waals surface area contributed by atoms with Gasteiger partial charge in [0.05, 0.1) is 23.0 Å². The summed E-state index contributed by atoms with van der Waals surface area (Å²) in [5.74, 6) is -0.129. The molecule has 6 nitrogen and oxygen atoms in total. The molecule has 1 fully saturated rings. The van der Waals surface area contributed by atoms with Gasteiger partial charge in [-0.25, -0.2) is 13.1 Å². The molecule has 1 amide bonds. The first kappa shape index (κ1) is 22.2. The molecule has 0 aliphatic carbocycles. The molecule has 0 radical (unpaired) electrons. The van der Waals surface area contributed by atoms with Gasteiger partial charge < -0.3 is 10.6 Å². The van der Waals surface area contributed by atoms with E-state index < -0.39 is 22.1 Å². The zero-order valence-corrected chi connectivity index (χ0v) is 18.5. The Hall–Kier alpha value is -3.00. The molecule has 3 aromatic carbocycles. The SMILES string of the molecule is O=C(N[C@@H](c1ccccc1)[C@H](NS(=O)(=O)c1ccccc1)c1ccccc1)[C@@H]1CCCN1. The smallest absolute Gasteiger partial charge is 0.241 e. The van der Waals surface area contributed by atoms with Crippen LogP contribution in [0.2, 0.25) is 0 Å². The molecule has 0 saturated carbocycles. The standard InChI is InChI=1S/C25H27N3O3S/c29-25(22-17-10-18-26-22)27-23(19-11-4-1-5-12-19)24(20-13-6-2-7-14-20)28-32(30,31)21-15-8-3-9-16-21/h1-9,11-16,22-24,26,28H,10,17-18H2,(H,27,29)/t22-,23-,24+/m0/s1. The first-order valence-corrected chi connectivity index (χ1v) is 12.2. The van der Waals surface area contributed by atoms with Gasteiger partial charge >= 0.3 is 0 Å². The average Bonchev–Trinajstić information content (AvgIpc) is 3.38. The van der Waals surface area contributed by atoms with E-state index in [1.807, 2.05) is 60.7 Å².